The van der Waals surface area contributed by atoms with Crippen molar-refractivity contribution in [3.8, 4) is 0 Å². The number of nitrogens with one attached hydrogen (secondary N) is 2. The highest BCUT2D eigenvalue weighted by Gasteiger charge is 2.48. The van der Waals surface area contributed by atoms with Gasteiger partial charge in [0.15, 0.2) is 0 Å². The maximum absolute atomic E-state index is 14.1. The minimum Gasteiger partial charge on any atom is -0.320 e. The van der Waals surface area contributed by atoms with Crippen LogP contribution >= 0.6 is 0 Å². The van der Waals surface area contributed by atoms with Crippen molar-refractivity contribution in [2.24, 2.45) is 11.8 Å². The van der Waals surface area contributed by atoms with Crippen LogP contribution in [0.1, 0.15) is 60.3 Å². The number of carbonyl (C=O) groups is 1. The van der Waals surface area contributed by atoms with Gasteiger partial charge in [-0.15, -0.1) is 0 Å². The van der Waals surface area contributed by atoms with E-state index < -0.39 is 63.2 Å². The average Bonchev–Trinajstić information content (AvgIpc) is 3.40. The van der Waals surface area contributed by atoms with Gasteiger partial charge < -0.3 is 5.32 Å². The van der Waals surface area contributed by atoms with Crippen LogP contribution in [0.2, 0.25) is 0 Å². The molecule has 2 fully saturated rings. The monoisotopic (exact) mass is 505 g/mol. The molecule has 0 saturated heterocycles. The second-order valence-electron chi connectivity index (χ2n) is 9.25. The number of pyridine rings is 1. The van der Waals surface area contributed by atoms with Crippen LogP contribution in [0.4, 0.5) is 27.6 Å². The summed E-state index contributed by atoms with van der Waals surface area (Å²) < 4.78 is 90.7. The number of nitrogens with zero attached hydrogens (tertiary/aromatic N) is 3. The Bertz CT molecular complexity index is 1220. The van der Waals surface area contributed by atoms with Crippen molar-refractivity contribution in [3.05, 3.63) is 35.3 Å². The predicted octanol–water partition coefficient (Wildman–Crippen LogP) is 5.14. The quantitative estimate of drug-likeness (QED) is 0.531. The predicted molar refractivity (Wildman–Crippen MR) is 113 cm³/mol. The molecule has 2 N–H and O–H groups in total. The average molecular weight is 506 g/mol. The zero-order chi connectivity index (χ0) is 25.1. The molecule has 2 saturated carbocycles. The normalized spacial score (nSPS) is 24.1. The minimum absolute atomic E-state index is 0.00596. The van der Waals surface area contributed by atoms with Crippen molar-refractivity contribution in [1.82, 2.24) is 14.8 Å². The van der Waals surface area contributed by atoms with E-state index in [4.69, 9.17) is 4.78 Å². The Labute approximate surface area is 193 Å². The van der Waals surface area contributed by atoms with E-state index >= 15 is 0 Å². The lowest BCUT2D eigenvalue weighted by molar-refractivity contribution is -0.138. The van der Waals surface area contributed by atoms with Gasteiger partial charge in [0.25, 0.3) is 5.91 Å². The maximum atomic E-state index is 14.1. The number of rotatable bonds is 6. The molecular formula is C21H24F5N5O2S. The molecule has 13 heteroatoms. The summed E-state index contributed by atoms with van der Waals surface area (Å²) in [5, 5.41) is 6.32. The fourth-order valence-electron chi connectivity index (χ4n) is 4.43. The molecule has 186 valence electrons. The molecule has 2 aliphatic rings. The lowest BCUT2D eigenvalue weighted by atomic mass is 9.98. The van der Waals surface area contributed by atoms with Crippen LogP contribution in [0.15, 0.2) is 23.4 Å². The van der Waals surface area contributed by atoms with E-state index in [9.17, 15) is 31.0 Å². The highest BCUT2D eigenvalue weighted by atomic mass is 32.2. The minimum atomic E-state index is -4.88. The van der Waals surface area contributed by atoms with E-state index in [0.29, 0.717) is 12.8 Å². The third kappa shape index (κ3) is 5.08. The number of alkyl halides is 5. The Morgan fingerprint density at radius 1 is 1.32 bits per heavy atom. The second kappa shape index (κ2) is 8.28. The van der Waals surface area contributed by atoms with Crippen molar-refractivity contribution in [1.29, 1.82) is 4.78 Å². The second-order valence-corrected chi connectivity index (χ2v) is 11.4. The summed E-state index contributed by atoms with van der Waals surface area (Å²) in [7, 11) is -3.23. The van der Waals surface area contributed by atoms with Crippen LogP contribution in [0.5, 0.6) is 0 Å². The van der Waals surface area contributed by atoms with Crippen molar-refractivity contribution < 1.29 is 31.0 Å². The van der Waals surface area contributed by atoms with Gasteiger partial charge in [0.2, 0.25) is 5.92 Å². The Kier molecular flexibility index (Phi) is 5.98. The van der Waals surface area contributed by atoms with Crippen LogP contribution in [0.25, 0.3) is 0 Å². The SMILES string of the molecule is CC1CC(F)(F)CC1Cn1nc(C2CC2)c(C(F)(F)F)c1C(=O)Nc1ccnc(S(C)(=N)=O)c1. The summed E-state index contributed by atoms with van der Waals surface area (Å²) in [6, 6.07) is 2.45. The number of amides is 1. The standard InChI is InChI=1S/C21H24F5N5O2S/c1-11-8-20(22,23)9-13(11)10-31-18(16(21(24,25)26)17(30-31)12-3-4-12)19(32)29-14-5-6-28-15(7-14)34(2,27)33/h5-7,11-13,27H,3-4,8-10H2,1-2H3,(H,28,29,32). The van der Waals surface area contributed by atoms with Crippen LogP contribution in [-0.2, 0) is 22.5 Å². The lowest BCUT2D eigenvalue weighted by Gasteiger charge is -2.17. The molecule has 0 bridgehead atoms. The van der Waals surface area contributed by atoms with Gasteiger partial charge >= 0.3 is 6.18 Å². The molecule has 0 radical (unpaired) electrons. The smallest absolute Gasteiger partial charge is 0.320 e. The highest BCUT2D eigenvalue weighted by molar-refractivity contribution is 7.91. The lowest BCUT2D eigenvalue weighted by Crippen LogP contribution is -2.25. The summed E-state index contributed by atoms with van der Waals surface area (Å²) in [4.78, 5) is 17.0. The van der Waals surface area contributed by atoms with E-state index in [0.717, 1.165) is 17.0 Å². The Morgan fingerprint density at radius 3 is 2.53 bits per heavy atom. The summed E-state index contributed by atoms with van der Waals surface area (Å²) >= 11 is 0. The van der Waals surface area contributed by atoms with Crippen LogP contribution in [0, 0.1) is 16.6 Å². The molecule has 3 unspecified atom stereocenters. The number of carbonyl (C=O) groups excluding carboxylic acids is 1. The fourth-order valence-corrected chi connectivity index (χ4v) is 5.04. The molecule has 2 heterocycles. The van der Waals surface area contributed by atoms with Crippen molar-refractivity contribution in [2.75, 3.05) is 11.6 Å². The van der Waals surface area contributed by atoms with Crippen LogP contribution in [-0.4, -0.2) is 37.1 Å². The van der Waals surface area contributed by atoms with Gasteiger partial charge in [0.1, 0.15) is 16.3 Å². The van der Waals surface area contributed by atoms with Gasteiger partial charge in [-0.2, -0.15) is 18.3 Å². The highest BCUT2D eigenvalue weighted by Crippen LogP contribution is 2.48. The summed E-state index contributed by atoms with van der Waals surface area (Å²) in [5.74, 6) is -5.56. The molecule has 2 aromatic rings. The zero-order valence-corrected chi connectivity index (χ0v) is 19.3. The van der Waals surface area contributed by atoms with Gasteiger partial charge in [-0.1, -0.05) is 6.92 Å². The van der Waals surface area contributed by atoms with Crippen molar-refractivity contribution in [3.63, 3.8) is 0 Å². The Hall–Kier alpha value is -2.57. The maximum Gasteiger partial charge on any atom is 0.420 e. The first-order valence-corrected chi connectivity index (χ1v) is 12.7. The summed E-state index contributed by atoms with van der Waals surface area (Å²) in [6.45, 7) is 1.37. The molecule has 0 spiro atoms. The van der Waals surface area contributed by atoms with Gasteiger partial charge in [0, 0.05) is 43.4 Å². The van der Waals surface area contributed by atoms with Gasteiger partial charge in [-0.3, -0.25) is 9.48 Å². The molecule has 3 atom stereocenters. The van der Waals surface area contributed by atoms with E-state index in [1.165, 1.54) is 12.3 Å². The third-order valence-electron chi connectivity index (χ3n) is 6.23. The molecule has 4 rings (SSSR count). The first kappa shape index (κ1) is 24.6. The van der Waals surface area contributed by atoms with Crippen molar-refractivity contribution >= 4 is 21.3 Å². The molecule has 2 aliphatic carbocycles. The van der Waals surface area contributed by atoms with Gasteiger partial charge in [0.05, 0.1) is 15.4 Å². The van der Waals surface area contributed by atoms with E-state index in [1.54, 1.807) is 6.92 Å². The molecule has 7 nitrogen and oxygen atoms in total. The molecule has 34 heavy (non-hydrogen) atoms. The van der Waals surface area contributed by atoms with Crippen molar-refractivity contribution in [2.45, 2.75) is 62.2 Å². The number of aromatic nitrogens is 3. The molecule has 1 amide bonds. The molecule has 2 aromatic heterocycles. The number of hydrogen-bond acceptors (Lipinski definition) is 5. The number of hydrogen-bond donors (Lipinski definition) is 2. The molecule has 0 aromatic carbocycles. The molecule has 0 aliphatic heterocycles. The van der Waals surface area contributed by atoms with E-state index in [2.05, 4.69) is 15.4 Å². The topological polar surface area (TPSA) is 101 Å². The Balaban J connectivity index is 1.74. The fraction of sp³-hybridized carbons (Fsp3) is 0.571. The number of anilines is 1. The summed E-state index contributed by atoms with van der Waals surface area (Å²) in [5.41, 5.74) is -2.13. The van der Waals surface area contributed by atoms with Gasteiger partial charge in [-0.25, -0.2) is 22.8 Å². The largest absolute Gasteiger partial charge is 0.420 e. The Morgan fingerprint density at radius 2 is 2.00 bits per heavy atom. The van der Waals surface area contributed by atoms with Crippen LogP contribution < -0.4 is 5.32 Å². The van der Waals surface area contributed by atoms with E-state index in [-0.39, 0.29) is 29.4 Å². The summed E-state index contributed by atoms with van der Waals surface area (Å²) in [6.07, 6.45) is -2.43. The first-order valence-electron chi connectivity index (χ1n) is 10.7. The van der Waals surface area contributed by atoms with Crippen LogP contribution in [0.3, 0.4) is 0 Å². The third-order valence-corrected chi connectivity index (χ3v) is 7.25. The van der Waals surface area contributed by atoms with E-state index in [1.807, 2.05) is 0 Å². The van der Waals surface area contributed by atoms with Gasteiger partial charge in [-0.05, 0) is 36.8 Å². The first-order chi connectivity index (χ1) is 15.7. The zero-order valence-electron chi connectivity index (χ0n) is 18.5. The number of halogens is 5. The molecular weight excluding hydrogens is 481 g/mol.